The second kappa shape index (κ2) is 4.22. The standard InChI is InChI=1S/C15H24O2/c1-9-5-7-11-13(15(11,3)4)14(17)10(2)6-8-12(9)16/h9-11,13H,5-8H2,1-4H3/t9-,10+,11-,13+/m1/s1. The lowest BCUT2D eigenvalue weighted by molar-refractivity contribution is -0.126. The number of ketones is 2. The summed E-state index contributed by atoms with van der Waals surface area (Å²) < 4.78 is 0. The second-order valence-electron chi connectivity index (χ2n) is 6.69. The lowest BCUT2D eigenvalue weighted by Crippen LogP contribution is -2.20. The van der Waals surface area contributed by atoms with Crippen LogP contribution in [0.4, 0.5) is 0 Å². The first-order valence-corrected chi connectivity index (χ1v) is 6.92. The van der Waals surface area contributed by atoms with E-state index in [-0.39, 0.29) is 23.2 Å². The molecule has 96 valence electrons. The molecule has 0 aliphatic heterocycles. The van der Waals surface area contributed by atoms with E-state index < -0.39 is 0 Å². The Balaban J connectivity index is 2.14. The summed E-state index contributed by atoms with van der Waals surface area (Å²) in [4.78, 5) is 24.2. The van der Waals surface area contributed by atoms with E-state index in [1.165, 1.54) is 0 Å². The third-order valence-electron chi connectivity index (χ3n) is 5.13. The fourth-order valence-corrected chi connectivity index (χ4v) is 3.49. The molecule has 0 heterocycles. The van der Waals surface area contributed by atoms with Gasteiger partial charge in [0.1, 0.15) is 11.6 Å². The quantitative estimate of drug-likeness (QED) is 0.647. The van der Waals surface area contributed by atoms with Gasteiger partial charge in [0.2, 0.25) is 0 Å². The van der Waals surface area contributed by atoms with Crippen molar-refractivity contribution in [2.75, 3.05) is 0 Å². The average Bonchev–Trinajstić information content (AvgIpc) is 2.82. The van der Waals surface area contributed by atoms with Gasteiger partial charge < -0.3 is 0 Å². The van der Waals surface area contributed by atoms with Crippen molar-refractivity contribution in [3.05, 3.63) is 0 Å². The van der Waals surface area contributed by atoms with Crippen molar-refractivity contribution in [1.82, 2.24) is 0 Å². The Bertz CT molecular complexity index is 343. The van der Waals surface area contributed by atoms with Crippen molar-refractivity contribution < 1.29 is 9.59 Å². The van der Waals surface area contributed by atoms with Crippen LogP contribution in [0, 0.1) is 29.1 Å². The van der Waals surface area contributed by atoms with Gasteiger partial charge in [0.05, 0.1) is 0 Å². The van der Waals surface area contributed by atoms with E-state index in [1.807, 2.05) is 13.8 Å². The molecule has 0 N–H and O–H groups in total. The van der Waals surface area contributed by atoms with Crippen molar-refractivity contribution in [3.63, 3.8) is 0 Å². The predicted octanol–water partition coefficient (Wildman–Crippen LogP) is 3.24. The third kappa shape index (κ3) is 2.19. The Morgan fingerprint density at radius 3 is 2.29 bits per heavy atom. The van der Waals surface area contributed by atoms with E-state index in [0.717, 1.165) is 19.3 Å². The number of carbonyl (C=O) groups excluding carboxylic acids is 2. The summed E-state index contributed by atoms with van der Waals surface area (Å²) in [6, 6.07) is 0. The number of fused-ring (bicyclic) bond motifs is 1. The summed E-state index contributed by atoms with van der Waals surface area (Å²) in [7, 11) is 0. The minimum Gasteiger partial charge on any atom is -0.299 e. The molecule has 2 heteroatoms. The van der Waals surface area contributed by atoms with Crippen molar-refractivity contribution in [3.8, 4) is 0 Å². The van der Waals surface area contributed by atoms with Crippen LogP contribution in [0.2, 0.25) is 0 Å². The van der Waals surface area contributed by atoms with Gasteiger partial charge >= 0.3 is 0 Å². The SMILES string of the molecule is C[C@@H]1CC[C@@H]2[C@@H](C(=O)[C@@H](C)CCC1=O)C2(C)C. The average molecular weight is 236 g/mol. The molecule has 2 fully saturated rings. The van der Waals surface area contributed by atoms with E-state index in [0.29, 0.717) is 23.9 Å². The summed E-state index contributed by atoms with van der Waals surface area (Å²) in [6.07, 6.45) is 3.35. The minimum atomic E-state index is 0.0681. The molecule has 17 heavy (non-hydrogen) atoms. The molecule has 0 amide bonds. The molecule has 0 aromatic carbocycles. The predicted molar refractivity (Wildman–Crippen MR) is 67.6 cm³/mol. The number of hydrogen-bond donors (Lipinski definition) is 0. The maximum Gasteiger partial charge on any atom is 0.139 e. The monoisotopic (exact) mass is 236 g/mol. The molecule has 0 aromatic heterocycles. The molecule has 2 nitrogen and oxygen atoms in total. The summed E-state index contributed by atoms with van der Waals surface area (Å²) in [5.74, 6) is 1.79. The molecule has 2 saturated carbocycles. The van der Waals surface area contributed by atoms with Crippen molar-refractivity contribution in [2.24, 2.45) is 29.1 Å². The first-order chi connectivity index (χ1) is 7.85. The molecule has 4 atom stereocenters. The van der Waals surface area contributed by atoms with Gasteiger partial charge in [-0.1, -0.05) is 27.7 Å². The van der Waals surface area contributed by atoms with Crippen molar-refractivity contribution in [1.29, 1.82) is 0 Å². The molecular weight excluding hydrogens is 212 g/mol. The molecule has 0 bridgehead atoms. The van der Waals surface area contributed by atoms with E-state index in [1.54, 1.807) is 0 Å². The van der Waals surface area contributed by atoms with Crippen LogP contribution >= 0.6 is 0 Å². The van der Waals surface area contributed by atoms with Crippen LogP contribution in [-0.4, -0.2) is 11.6 Å². The highest BCUT2D eigenvalue weighted by atomic mass is 16.1. The number of rotatable bonds is 0. The van der Waals surface area contributed by atoms with E-state index >= 15 is 0 Å². The normalized spacial score (nSPS) is 41.9. The fraction of sp³-hybridized carbons (Fsp3) is 0.867. The number of hydrogen-bond acceptors (Lipinski definition) is 2. The van der Waals surface area contributed by atoms with Gasteiger partial charge in [-0.05, 0) is 30.6 Å². The maximum atomic E-state index is 12.3. The topological polar surface area (TPSA) is 34.1 Å². The first kappa shape index (κ1) is 12.8. The molecule has 2 aliphatic rings. The van der Waals surface area contributed by atoms with Crippen LogP contribution in [0.25, 0.3) is 0 Å². The molecule has 0 spiro atoms. The Morgan fingerprint density at radius 2 is 1.65 bits per heavy atom. The Morgan fingerprint density at radius 1 is 1.00 bits per heavy atom. The zero-order chi connectivity index (χ0) is 12.8. The highest BCUT2D eigenvalue weighted by Crippen LogP contribution is 2.62. The lowest BCUT2D eigenvalue weighted by atomic mass is 9.88. The van der Waals surface area contributed by atoms with Gasteiger partial charge in [-0.15, -0.1) is 0 Å². The lowest BCUT2D eigenvalue weighted by Gasteiger charge is -2.15. The molecule has 2 aliphatic carbocycles. The van der Waals surface area contributed by atoms with E-state index in [2.05, 4.69) is 13.8 Å². The Hall–Kier alpha value is -0.660. The molecular formula is C15H24O2. The number of carbonyl (C=O) groups is 2. The van der Waals surface area contributed by atoms with Crippen LogP contribution in [0.5, 0.6) is 0 Å². The van der Waals surface area contributed by atoms with Crippen LogP contribution in [0.15, 0.2) is 0 Å². The summed E-state index contributed by atoms with van der Waals surface area (Å²) in [5, 5.41) is 0. The van der Waals surface area contributed by atoms with Gasteiger partial charge in [-0.2, -0.15) is 0 Å². The van der Waals surface area contributed by atoms with Crippen molar-refractivity contribution >= 4 is 11.6 Å². The van der Waals surface area contributed by atoms with Crippen LogP contribution < -0.4 is 0 Å². The maximum absolute atomic E-state index is 12.3. The zero-order valence-electron chi connectivity index (χ0n) is 11.5. The smallest absolute Gasteiger partial charge is 0.139 e. The second-order valence-corrected chi connectivity index (χ2v) is 6.69. The number of Topliss-reactive ketones (excluding diaryl/α,β-unsaturated/α-hetero) is 2. The molecule has 0 aromatic rings. The van der Waals surface area contributed by atoms with Crippen LogP contribution in [-0.2, 0) is 9.59 Å². The molecule has 0 saturated heterocycles. The van der Waals surface area contributed by atoms with E-state index in [4.69, 9.17) is 0 Å². The van der Waals surface area contributed by atoms with Gasteiger partial charge in [-0.25, -0.2) is 0 Å². The summed E-state index contributed by atoms with van der Waals surface area (Å²) in [5.41, 5.74) is 0.179. The van der Waals surface area contributed by atoms with E-state index in [9.17, 15) is 9.59 Å². The zero-order valence-corrected chi connectivity index (χ0v) is 11.5. The van der Waals surface area contributed by atoms with Crippen LogP contribution in [0.3, 0.4) is 0 Å². The summed E-state index contributed by atoms with van der Waals surface area (Å²) >= 11 is 0. The Kier molecular flexibility index (Phi) is 3.17. The largest absolute Gasteiger partial charge is 0.299 e. The highest BCUT2D eigenvalue weighted by Gasteiger charge is 2.61. The van der Waals surface area contributed by atoms with Gasteiger partial charge in [0.15, 0.2) is 0 Å². The van der Waals surface area contributed by atoms with Crippen LogP contribution in [0.1, 0.15) is 53.4 Å². The van der Waals surface area contributed by atoms with Gasteiger partial charge in [-0.3, -0.25) is 9.59 Å². The molecule has 2 rings (SSSR count). The first-order valence-electron chi connectivity index (χ1n) is 6.92. The minimum absolute atomic E-state index is 0.0681. The molecule has 0 unspecified atom stereocenters. The highest BCUT2D eigenvalue weighted by molar-refractivity contribution is 5.88. The molecule has 0 radical (unpaired) electrons. The third-order valence-corrected chi connectivity index (χ3v) is 5.13. The summed E-state index contributed by atoms with van der Waals surface area (Å²) in [6.45, 7) is 8.45. The van der Waals surface area contributed by atoms with Gasteiger partial charge in [0.25, 0.3) is 0 Å². The fourth-order valence-electron chi connectivity index (χ4n) is 3.49. The van der Waals surface area contributed by atoms with Crippen molar-refractivity contribution in [2.45, 2.75) is 53.4 Å². The van der Waals surface area contributed by atoms with Gasteiger partial charge in [0, 0.05) is 24.2 Å². The Labute approximate surface area is 104 Å².